The van der Waals surface area contributed by atoms with Crippen molar-refractivity contribution in [3.63, 3.8) is 0 Å². The van der Waals surface area contributed by atoms with Crippen molar-refractivity contribution in [2.75, 3.05) is 33.3 Å². The molecule has 4 heterocycles. The molecule has 9 heteroatoms. The Bertz CT molecular complexity index is 1390. The zero-order valence-electron chi connectivity index (χ0n) is 20.4. The molecule has 9 nitrogen and oxygen atoms in total. The molecule has 2 aliphatic rings. The minimum Gasteiger partial charge on any atom is -0.495 e. The van der Waals surface area contributed by atoms with E-state index in [4.69, 9.17) is 9.72 Å². The fraction of sp³-hybridized carbons (Fsp3) is 0.370. The van der Waals surface area contributed by atoms with Gasteiger partial charge in [-0.2, -0.15) is 10.2 Å². The number of hydrogen-bond donors (Lipinski definition) is 1. The van der Waals surface area contributed by atoms with Crippen molar-refractivity contribution >= 4 is 16.9 Å². The quantitative estimate of drug-likeness (QED) is 0.431. The zero-order chi connectivity index (χ0) is 24.5. The van der Waals surface area contributed by atoms with Crippen LogP contribution in [0.4, 0.5) is 0 Å². The number of hydrogen-bond acceptors (Lipinski definition) is 7. The molecule has 1 N–H and O–H groups in total. The lowest BCUT2D eigenvalue weighted by atomic mass is 10.1. The van der Waals surface area contributed by atoms with E-state index in [9.17, 15) is 4.79 Å². The number of imidazole rings is 1. The van der Waals surface area contributed by atoms with Crippen LogP contribution in [0, 0.1) is 5.92 Å². The fourth-order valence-electron chi connectivity index (χ4n) is 4.77. The van der Waals surface area contributed by atoms with E-state index in [1.54, 1.807) is 13.3 Å². The van der Waals surface area contributed by atoms with E-state index in [2.05, 4.69) is 37.2 Å². The van der Waals surface area contributed by atoms with E-state index in [0.717, 1.165) is 79.4 Å². The molecule has 1 aromatic carbocycles. The molecule has 36 heavy (non-hydrogen) atoms. The number of ether oxygens (including phenoxy) is 1. The molecule has 1 amide bonds. The zero-order valence-corrected chi connectivity index (χ0v) is 20.4. The predicted octanol–water partition coefficient (Wildman–Crippen LogP) is 3.07. The lowest BCUT2D eigenvalue weighted by molar-refractivity contribution is -0.134. The number of rotatable bonds is 7. The minimum atomic E-state index is 0.305. The van der Waals surface area contributed by atoms with Crippen LogP contribution < -0.4 is 4.74 Å². The first-order valence-corrected chi connectivity index (χ1v) is 12.5. The van der Waals surface area contributed by atoms with Crippen LogP contribution in [0.5, 0.6) is 5.75 Å². The lowest BCUT2D eigenvalue weighted by Gasteiger charge is -2.35. The largest absolute Gasteiger partial charge is 0.495 e. The SMILES string of the molecule is COc1cnnc(-c2ccc3nc(Cc4cc(CN5CCN(C(=O)C6CC6)CC5)ccn4)[nH]c3c2)c1. The average molecular weight is 484 g/mol. The number of aromatic nitrogens is 5. The standard InChI is InChI=1S/C27H29N7O2/c1-36-22-15-24(32-29-16-22)20-4-5-23-25(13-20)31-26(30-23)14-21-12-18(6-7-28-21)17-33-8-10-34(11-9-33)27(35)19-2-3-19/h4-7,12-13,15-16,19H,2-3,8-11,14,17H2,1H3,(H,30,31). The van der Waals surface area contributed by atoms with Gasteiger partial charge >= 0.3 is 0 Å². The van der Waals surface area contributed by atoms with E-state index >= 15 is 0 Å². The Balaban J connectivity index is 1.11. The lowest BCUT2D eigenvalue weighted by Crippen LogP contribution is -2.48. The van der Waals surface area contributed by atoms with E-state index < -0.39 is 0 Å². The molecule has 4 aromatic rings. The van der Waals surface area contributed by atoms with Gasteiger partial charge in [0.2, 0.25) is 5.91 Å². The maximum absolute atomic E-state index is 12.3. The number of carbonyl (C=O) groups is 1. The number of nitrogens with zero attached hydrogens (tertiary/aromatic N) is 6. The molecule has 1 saturated carbocycles. The Kier molecular flexibility index (Phi) is 6.06. The first-order valence-electron chi connectivity index (χ1n) is 12.5. The third kappa shape index (κ3) is 4.92. The van der Waals surface area contributed by atoms with Gasteiger partial charge < -0.3 is 14.6 Å². The molecule has 2 fully saturated rings. The highest BCUT2D eigenvalue weighted by Gasteiger charge is 2.34. The normalized spacial score (nSPS) is 16.4. The van der Waals surface area contributed by atoms with E-state index in [0.29, 0.717) is 24.0 Å². The summed E-state index contributed by atoms with van der Waals surface area (Å²) >= 11 is 0. The fourth-order valence-corrected chi connectivity index (χ4v) is 4.77. The number of methoxy groups -OCH3 is 1. The van der Waals surface area contributed by atoms with Crippen LogP contribution in [-0.4, -0.2) is 74.1 Å². The first kappa shape index (κ1) is 22.6. The van der Waals surface area contributed by atoms with Crippen molar-refractivity contribution in [3.8, 4) is 17.0 Å². The van der Waals surface area contributed by atoms with Crippen LogP contribution >= 0.6 is 0 Å². The average Bonchev–Trinajstić information content (AvgIpc) is 3.68. The van der Waals surface area contributed by atoms with E-state index in [1.165, 1.54) is 5.56 Å². The predicted molar refractivity (Wildman–Crippen MR) is 135 cm³/mol. The van der Waals surface area contributed by atoms with Gasteiger partial charge in [0.25, 0.3) is 0 Å². The Hall–Kier alpha value is -3.85. The third-order valence-corrected chi connectivity index (χ3v) is 6.94. The molecule has 184 valence electrons. The summed E-state index contributed by atoms with van der Waals surface area (Å²) in [5.74, 6) is 2.20. The van der Waals surface area contributed by atoms with Gasteiger partial charge in [0, 0.05) is 68.6 Å². The van der Waals surface area contributed by atoms with Crippen LogP contribution in [0.3, 0.4) is 0 Å². The van der Waals surface area contributed by atoms with Gasteiger partial charge in [-0.1, -0.05) is 6.07 Å². The first-order chi connectivity index (χ1) is 17.6. The van der Waals surface area contributed by atoms with Crippen LogP contribution in [-0.2, 0) is 17.8 Å². The van der Waals surface area contributed by atoms with E-state index in [-0.39, 0.29) is 0 Å². The van der Waals surface area contributed by atoms with Crippen LogP contribution in [0.2, 0.25) is 0 Å². The third-order valence-electron chi connectivity index (χ3n) is 6.94. The summed E-state index contributed by atoms with van der Waals surface area (Å²) in [7, 11) is 1.62. The minimum absolute atomic E-state index is 0.305. The van der Waals surface area contributed by atoms with Gasteiger partial charge in [-0.05, 0) is 42.7 Å². The number of aromatic amines is 1. The van der Waals surface area contributed by atoms with Crippen LogP contribution in [0.25, 0.3) is 22.3 Å². The number of piperazine rings is 1. The highest BCUT2D eigenvalue weighted by molar-refractivity contribution is 5.81. The molecule has 0 radical (unpaired) electrons. The smallest absolute Gasteiger partial charge is 0.225 e. The molecule has 1 aliphatic heterocycles. The molecule has 0 spiro atoms. The van der Waals surface area contributed by atoms with Crippen molar-refractivity contribution in [1.82, 2.24) is 34.9 Å². The maximum Gasteiger partial charge on any atom is 0.225 e. The molecule has 3 aromatic heterocycles. The number of nitrogens with one attached hydrogen (secondary N) is 1. The second-order valence-corrected chi connectivity index (χ2v) is 9.60. The van der Waals surface area contributed by atoms with Gasteiger partial charge in [0.15, 0.2) is 0 Å². The Labute approximate surface area is 209 Å². The Morgan fingerprint density at radius 1 is 1.11 bits per heavy atom. The van der Waals surface area contributed by atoms with Crippen molar-refractivity contribution in [2.45, 2.75) is 25.8 Å². The van der Waals surface area contributed by atoms with Gasteiger partial charge in [-0.25, -0.2) is 4.98 Å². The Morgan fingerprint density at radius 2 is 1.97 bits per heavy atom. The molecule has 1 aliphatic carbocycles. The molecule has 1 saturated heterocycles. The molecule has 0 unspecified atom stereocenters. The van der Waals surface area contributed by atoms with Crippen LogP contribution in [0.15, 0.2) is 48.8 Å². The summed E-state index contributed by atoms with van der Waals surface area (Å²) in [6.45, 7) is 4.36. The number of amides is 1. The topological polar surface area (TPSA) is 100 Å². The van der Waals surface area contributed by atoms with Gasteiger partial charge in [0.05, 0.1) is 30.0 Å². The Morgan fingerprint density at radius 3 is 2.78 bits per heavy atom. The highest BCUT2D eigenvalue weighted by Crippen LogP contribution is 2.31. The number of fused-ring (bicyclic) bond motifs is 1. The van der Waals surface area contributed by atoms with Crippen molar-refractivity contribution in [2.24, 2.45) is 5.92 Å². The molecule has 6 rings (SSSR count). The summed E-state index contributed by atoms with van der Waals surface area (Å²) in [6.07, 6.45) is 6.23. The summed E-state index contributed by atoms with van der Waals surface area (Å²) in [5.41, 5.74) is 5.76. The number of pyridine rings is 1. The number of benzene rings is 1. The molecular formula is C27H29N7O2. The van der Waals surface area contributed by atoms with Crippen molar-refractivity contribution in [1.29, 1.82) is 0 Å². The molecule has 0 bridgehead atoms. The number of carbonyl (C=O) groups excluding carboxylic acids is 1. The van der Waals surface area contributed by atoms with Crippen LogP contribution in [0.1, 0.15) is 29.9 Å². The molecule has 0 atom stereocenters. The van der Waals surface area contributed by atoms with Crippen molar-refractivity contribution < 1.29 is 9.53 Å². The maximum atomic E-state index is 12.3. The molecular weight excluding hydrogens is 454 g/mol. The monoisotopic (exact) mass is 483 g/mol. The van der Waals surface area contributed by atoms with Crippen molar-refractivity contribution in [3.05, 3.63) is 65.9 Å². The van der Waals surface area contributed by atoms with Gasteiger partial charge in [-0.3, -0.25) is 14.7 Å². The van der Waals surface area contributed by atoms with Gasteiger partial charge in [-0.15, -0.1) is 0 Å². The second-order valence-electron chi connectivity index (χ2n) is 9.60. The second kappa shape index (κ2) is 9.66. The number of H-pyrrole nitrogens is 1. The highest BCUT2D eigenvalue weighted by atomic mass is 16.5. The summed E-state index contributed by atoms with van der Waals surface area (Å²) in [5, 5.41) is 8.24. The summed E-state index contributed by atoms with van der Waals surface area (Å²) in [4.78, 5) is 29.5. The van der Waals surface area contributed by atoms with Gasteiger partial charge in [0.1, 0.15) is 11.6 Å². The summed E-state index contributed by atoms with van der Waals surface area (Å²) in [6, 6.07) is 12.1. The summed E-state index contributed by atoms with van der Waals surface area (Å²) < 4.78 is 5.27. The van der Waals surface area contributed by atoms with E-state index in [1.807, 2.05) is 35.4 Å².